The molecule has 4 heteroatoms. The van der Waals surface area contributed by atoms with E-state index in [1.165, 1.54) is 12.1 Å². The van der Waals surface area contributed by atoms with Crippen molar-refractivity contribution in [2.24, 2.45) is 0 Å². The third-order valence-electron chi connectivity index (χ3n) is 3.29. The predicted molar refractivity (Wildman–Crippen MR) is 73.5 cm³/mol. The summed E-state index contributed by atoms with van der Waals surface area (Å²) >= 11 is 0. The molecule has 0 saturated heterocycles. The Morgan fingerprint density at radius 2 is 1.70 bits per heavy atom. The Morgan fingerprint density at radius 1 is 0.950 bits per heavy atom. The van der Waals surface area contributed by atoms with E-state index in [1.807, 2.05) is 31.2 Å². The maximum absolute atomic E-state index is 12.8. The Morgan fingerprint density at radius 3 is 2.45 bits per heavy atom. The van der Waals surface area contributed by atoms with Crippen LogP contribution in [-0.2, 0) is 6.18 Å². The van der Waals surface area contributed by atoms with Crippen molar-refractivity contribution in [3.63, 3.8) is 0 Å². The number of para-hydroxylation sites is 1. The van der Waals surface area contributed by atoms with Crippen LogP contribution in [0.15, 0.2) is 48.5 Å². The van der Waals surface area contributed by atoms with Crippen molar-refractivity contribution >= 4 is 10.9 Å². The monoisotopic (exact) mass is 275 g/mol. The van der Waals surface area contributed by atoms with Gasteiger partial charge >= 0.3 is 6.18 Å². The van der Waals surface area contributed by atoms with Gasteiger partial charge in [0.15, 0.2) is 0 Å². The van der Waals surface area contributed by atoms with E-state index in [1.54, 1.807) is 6.07 Å². The molecule has 0 spiro atoms. The number of benzene rings is 2. The van der Waals surface area contributed by atoms with Crippen LogP contribution in [0.3, 0.4) is 0 Å². The Balaban J connectivity index is 2.21. The summed E-state index contributed by atoms with van der Waals surface area (Å²) in [6.45, 7) is 1.93. The first-order chi connectivity index (χ1) is 9.45. The molecule has 0 atom stereocenters. The second kappa shape index (κ2) is 4.40. The molecule has 1 heterocycles. The van der Waals surface area contributed by atoms with Crippen molar-refractivity contribution in [1.29, 1.82) is 0 Å². The van der Waals surface area contributed by atoms with Gasteiger partial charge in [0.05, 0.1) is 11.1 Å². The van der Waals surface area contributed by atoms with Crippen molar-refractivity contribution < 1.29 is 13.2 Å². The maximum Gasteiger partial charge on any atom is 0.416 e. The fraction of sp³-hybridized carbons (Fsp3) is 0.125. The first-order valence-electron chi connectivity index (χ1n) is 6.21. The van der Waals surface area contributed by atoms with Crippen LogP contribution in [0.2, 0.25) is 0 Å². The van der Waals surface area contributed by atoms with Gasteiger partial charge in [0.1, 0.15) is 0 Å². The fourth-order valence-corrected chi connectivity index (χ4v) is 2.40. The van der Waals surface area contributed by atoms with Crippen molar-refractivity contribution in [2.75, 3.05) is 0 Å². The molecule has 102 valence electrons. The Labute approximate surface area is 114 Å². The number of halogens is 3. The van der Waals surface area contributed by atoms with E-state index < -0.39 is 11.7 Å². The fourth-order valence-electron chi connectivity index (χ4n) is 2.40. The molecule has 0 saturated carbocycles. The Kier molecular flexibility index (Phi) is 2.82. The van der Waals surface area contributed by atoms with Crippen LogP contribution in [0, 0.1) is 6.92 Å². The largest absolute Gasteiger partial charge is 0.416 e. The first kappa shape index (κ1) is 12.8. The number of fused-ring (bicyclic) bond motifs is 1. The van der Waals surface area contributed by atoms with Gasteiger partial charge in [-0.15, -0.1) is 0 Å². The molecular weight excluding hydrogens is 263 g/mol. The normalized spacial score (nSPS) is 12.0. The molecule has 3 rings (SSSR count). The summed E-state index contributed by atoms with van der Waals surface area (Å²) < 4.78 is 38.4. The number of H-pyrrole nitrogens is 1. The highest BCUT2D eigenvalue weighted by molar-refractivity contribution is 5.94. The van der Waals surface area contributed by atoms with E-state index in [0.29, 0.717) is 5.56 Å². The molecule has 0 aliphatic rings. The van der Waals surface area contributed by atoms with E-state index in [2.05, 4.69) is 4.98 Å². The highest BCUT2D eigenvalue weighted by Gasteiger charge is 2.30. The number of hydrogen-bond acceptors (Lipinski definition) is 0. The molecule has 1 N–H and O–H groups in total. The second-order valence-electron chi connectivity index (χ2n) is 4.80. The molecule has 2 aromatic carbocycles. The van der Waals surface area contributed by atoms with Gasteiger partial charge in [-0.3, -0.25) is 0 Å². The molecule has 3 aromatic rings. The molecule has 20 heavy (non-hydrogen) atoms. The molecule has 0 bridgehead atoms. The molecule has 0 unspecified atom stereocenters. The lowest BCUT2D eigenvalue weighted by atomic mass is 10.0. The van der Waals surface area contributed by atoms with Crippen molar-refractivity contribution in [2.45, 2.75) is 13.1 Å². The van der Waals surface area contributed by atoms with Crippen LogP contribution in [0.1, 0.15) is 11.3 Å². The van der Waals surface area contributed by atoms with Gasteiger partial charge < -0.3 is 4.98 Å². The summed E-state index contributed by atoms with van der Waals surface area (Å²) in [5.41, 5.74) is 2.56. The summed E-state index contributed by atoms with van der Waals surface area (Å²) in [5.74, 6) is 0. The number of aryl methyl sites for hydroxylation is 1. The number of alkyl halides is 3. The lowest BCUT2D eigenvalue weighted by Gasteiger charge is -2.09. The van der Waals surface area contributed by atoms with Gasteiger partial charge in [-0.2, -0.15) is 13.2 Å². The number of aromatic nitrogens is 1. The molecule has 0 aliphatic carbocycles. The third kappa shape index (κ3) is 2.18. The van der Waals surface area contributed by atoms with Crippen LogP contribution < -0.4 is 0 Å². The van der Waals surface area contributed by atoms with E-state index in [0.717, 1.165) is 28.2 Å². The van der Waals surface area contributed by atoms with Gasteiger partial charge in [-0.1, -0.05) is 30.3 Å². The molecule has 1 aromatic heterocycles. The minimum atomic E-state index is -4.32. The molecule has 0 aliphatic heterocycles. The van der Waals surface area contributed by atoms with Crippen molar-refractivity contribution in [3.8, 4) is 11.1 Å². The lowest BCUT2D eigenvalue weighted by molar-refractivity contribution is -0.137. The second-order valence-corrected chi connectivity index (χ2v) is 4.80. The summed E-state index contributed by atoms with van der Waals surface area (Å²) in [5, 5.41) is 0.998. The zero-order valence-corrected chi connectivity index (χ0v) is 10.8. The smallest absolute Gasteiger partial charge is 0.358 e. The van der Waals surface area contributed by atoms with Crippen LogP contribution in [0.4, 0.5) is 13.2 Å². The minimum absolute atomic E-state index is 0.562. The molecule has 0 fully saturated rings. The van der Waals surface area contributed by atoms with E-state index in [4.69, 9.17) is 0 Å². The minimum Gasteiger partial charge on any atom is -0.358 e. The number of hydrogen-bond donors (Lipinski definition) is 1. The lowest BCUT2D eigenvalue weighted by Crippen LogP contribution is -2.04. The highest BCUT2D eigenvalue weighted by atomic mass is 19.4. The average molecular weight is 275 g/mol. The number of rotatable bonds is 1. The van der Waals surface area contributed by atoms with Gasteiger partial charge in [0.2, 0.25) is 0 Å². The first-order valence-corrected chi connectivity index (χ1v) is 6.21. The van der Waals surface area contributed by atoms with Gasteiger partial charge in [0.25, 0.3) is 0 Å². The van der Waals surface area contributed by atoms with Crippen LogP contribution in [-0.4, -0.2) is 4.98 Å². The molecule has 1 nitrogen and oxygen atoms in total. The van der Waals surface area contributed by atoms with Crippen LogP contribution in [0.25, 0.3) is 22.0 Å². The summed E-state index contributed by atoms with van der Waals surface area (Å²) in [6.07, 6.45) is -4.32. The van der Waals surface area contributed by atoms with E-state index in [9.17, 15) is 13.2 Å². The third-order valence-corrected chi connectivity index (χ3v) is 3.29. The number of nitrogens with one attached hydrogen (secondary N) is 1. The molecular formula is C16H12F3N. The topological polar surface area (TPSA) is 15.8 Å². The zero-order chi connectivity index (χ0) is 14.3. The van der Waals surface area contributed by atoms with E-state index in [-0.39, 0.29) is 0 Å². The Bertz CT molecular complexity index is 769. The molecule has 0 amide bonds. The summed E-state index contributed by atoms with van der Waals surface area (Å²) in [7, 11) is 0. The zero-order valence-electron chi connectivity index (χ0n) is 10.8. The molecule has 0 radical (unpaired) electrons. The number of aromatic amines is 1. The summed E-state index contributed by atoms with van der Waals surface area (Å²) in [4.78, 5) is 3.20. The van der Waals surface area contributed by atoms with Gasteiger partial charge in [-0.05, 0) is 30.7 Å². The highest BCUT2D eigenvalue weighted by Crippen LogP contribution is 2.34. The standard InChI is InChI=1S/C16H12F3N/c1-10-8-12-5-3-7-14(15(12)20-10)11-4-2-6-13(9-11)16(17,18)19/h2-9,20H,1H3. The van der Waals surface area contributed by atoms with E-state index >= 15 is 0 Å². The average Bonchev–Trinajstić information content (AvgIpc) is 2.77. The maximum atomic E-state index is 12.8. The predicted octanol–water partition coefficient (Wildman–Crippen LogP) is 5.16. The van der Waals surface area contributed by atoms with Crippen LogP contribution >= 0.6 is 0 Å². The van der Waals surface area contributed by atoms with Crippen molar-refractivity contribution in [1.82, 2.24) is 4.98 Å². The summed E-state index contributed by atoms with van der Waals surface area (Å²) in [6, 6.07) is 13.0. The SMILES string of the molecule is Cc1cc2cccc(-c3cccc(C(F)(F)F)c3)c2[nH]1. The van der Waals surface area contributed by atoms with Gasteiger partial charge in [-0.25, -0.2) is 0 Å². The quantitative estimate of drug-likeness (QED) is 0.631. The Hall–Kier alpha value is -2.23. The van der Waals surface area contributed by atoms with Gasteiger partial charge in [0, 0.05) is 16.6 Å². The van der Waals surface area contributed by atoms with Crippen molar-refractivity contribution in [3.05, 3.63) is 59.8 Å². The van der Waals surface area contributed by atoms with Crippen LogP contribution in [0.5, 0.6) is 0 Å².